The Hall–Kier alpha value is -1.31. The van der Waals surface area contributed by atoms with Gasteiger partial charge in [0.05, 0.1) is 5.02 Å². The Labute approximate surface area is 148 Å². The van der Waals surface area contributed by atoms with E-state index in [1.165, 1.54) is 6.92 Å². The minimum Gasteiger partial charge on any atom is -0.491 e. The molecule has 1 fully saturated rings. The molecular formula is C16H23ClN2O4S. The molecule has 24 heavy (non-hydrogen) atoms. The van der Waals surface area contributed by atoms with E-state index in [0.29, 0.717) is 43.6 Å². The van der Waals surface area contributed by atoms with E-state index < -0.39 is 15.1 Å². The van der Waals surface area contributed by atoms with E-state index in [0.717, 1.165) is 12.8 Å². The van der Waals surface area contributed by atoms with Crippen molar-refractivity contribution in [2.45, 2.75) is 12.2 Å². The standard InChI is InChI=1S/C16H23ClN2O4S/c1-13(24(2,21)22)16(20)19-9-7-18(8-10-19)11-12-23-15-6-4-3-5-14(15)17/h3-6,13H,7-12H2,1-2H3. The molecule has 1 amide bonds. The van der Waals surface area contributed by atoms with Crippen LogP contribution in [-0.2, 0) is 14.6 Å². The molecule has 8 heteroatoms. The number of benzene rings is 1. The fourth-order valence-corrected chi connectivity index (χ4v) is 3.18. The van der Waals surface area contributed by atoms with Crippen LogP contribution in [0.3, 0.4) is 0 Å². The predicted octanol–water partition coefficient (Wildman–Crippen LogP) is 1.30. The zero-order valence-corrected chi connectivity index (χ0v) is 15.5. The normalized spacial score (nSPS) is 17.5. The summed E-state index contributed by atoms with van der Waals surface area (Å²) in [5.41, 5.74) is 0. The van der Waals surface area contributed by atoms with Gasteiger partial charge in [-0.15, -0.1) is 0 Å². The molecule has 0 N–H and O–H groups in total. The maximum Gasteiger partial charge on any atom is 0.240 e. The van der Waals surface area contributed by atoms with Gasteiger partial charge in [-0.25, -0.2) is 8.42 Å². The van der Waals surface area contributed by atoms with Gasteiger partial charge in [-0.05, 0) is 19.1 Å². The monoisotopic (exact) mass is 374 g/mol. The number of rotatable bonds is 6. The van der Waals surface area contributed by atoms with E-state index in [9.17, 15) is 13.2 Å². The second-order valence-electron chi connectivity index (χ2n) is 5.92. The van der Waals surface area contributed by atoms with Gasteiger partial charge in [-0.2, -0.15) is 0 Å². The van der Waals surface area contributed by atoms with E-state index in [1.807, 2.05) is 18.2 Å². The van der Waals surface area contributed by atoms with Crippen LogP contribution in [0.4, 0.5) is 0 Å². The number of amides is 1. The Morgan fingerprint density at radius 2 is 1.88 bits per heavy atom. The SMILES string of the molecule is CC(C(=O)N1CCN(CCOc2ccccc2Cl)CC1)S(C)(=O)=O. The predicted molar refractivity (Wildman–Crippen MR) is 94.3 cm³/mol. The third-order valence-electron chi connectivity index (χ3n) is 4.18. The summed E-state index contributed by atoms with van der Waals surface area (Å²) in [6, 6.07) is 7.33. The van der Waals surface area contributed by atoms with E-state index in [-0.39, 0.29) is 5.91 Å². The van der Waals surface area contributed by atoms with Crippen LogP contribution in [0.1, 0.15) is 6.92 Å². The van der Waals surface area contributed by atoms with Crippen LogP contribution in [0.2, 0.25) is 5.02 Å². The lowest BCUT2D eigenvalue weighted by Gasteiger charge is -2.35. The van der Waals surface area contributed by atoms with E-state index in [4.69, 9.17) is 16.3 Å². The molecule has 0 saturated carbocycles. The number of halogens is 1. The maximum atomic E-state index is 12.2. The number of hydrogen-bond donors (Lipinski definition) is 0. The number of sulfone groups is 1. The van der Waals surface area contributed by atoms with Crippen LogP contribution in [0.15, 0.2) is 24.3 Å². The summed E-state index contributed by atoms with van der Waals surface area (Å²) in [5.74, 6) is 0.347. The van der Waals surface area contributed by atoms with Crippen LogP contribution in [0, 0.1) is 0 Å². The van der Waals surface area contributed by atoms with E-state index >= 15 is 0 Å². The van der Waals surface area contributed by atoms with Crippen LogP contribution >= 0.6 is 11.6 Å². The summed E-state index contributed by atoms with van der Waals surface area (Å²) < 4.78 is 28.7. The zero-order chi connectivity index (χ0) is 17.7. The van der Waals surface area contributed by atoms with Crippen molar-refractivity contribution < 1.29 is 17.9 Å². The van der Waals surface area contributed by atoms with Crippen molar-refractivity contribution in [2.24, 2.45) is 0 Å². The minimum atomic E-state index is -3.35. The van der Waals surface area contributed by atoms with Gasteiger partial charge in [0.15, 0.2) is 9.84 Å². The van der Waals surface area contributed by atoms with Crippen LogP contribution in [0.25, 0.3) is 0 Å². The molecule has 2 rings (SSSR count). The molecule has 6 nitrogen and oxygen atoms in total. The first-order chi connectivity index (χ1) is 11.3. The van der Waals surface area contributed by atoms with Crippen molar-refractivity contribution in [3.8, 4) is 5.75 Å². The zero-order valence-electron chi connectivity index (χ0n) is 13.9. The van der Waals surface area contributed by atoms with Crippen molar-refractivity contribution in [3.05, 3.63) is 29.3 Å². The smallest absolute Gasteiger partial charge is 0.240 e. The first kappa shape index (κ1) is 19.0. The van der Waals surface area contributed by atoms with Crippen molar-refractivity contribution in [1.29, 1.82) is 0 Å². The van der Waals surface area contributed by atoms with Gasteiger partial charge in [-0.1, -0.05) is 23.7 Å². The van der Waals surface area contributed by atoms with Crippen LogP contribution in [0.5, 0.6) is 5.75 Å². The van der Waals surface area contributed by atoms with Gasteiger partial charge in [0, 0.05) is 39.0 Å². The minimum absolute atomic E-state index is 0.315. The molecule has 0 radical (unpaired) electrons. The Balaban J connectivity index is 1.75. The van der Waals surface area contributed by atoms with Gasteiger partial charge < -0.3 is 9.64 Å². The first-order valence-electron chi connectivity index (χ1n) is 7.86. The van der Waals surface area contributed by atoms with Gasteiger partial charge in [0.2, 0.25) is 5.91 Å². The summed E-state index contributed by atoms with van der Waals surface area (Å²) in [7, 11) is -3.35. The number of hydrogen-bond acceptors (Lipinski definition) is 5. The maximum absolute atomic E-state index is 12.2. The molecule has 1 saturated heterocycles. The molecule has 0 bridgehead atoms. The highest BCUT2D eigenvalue weighted by atomic mass is 35.5. The molecule has 1 aromatic rings. The van der Waals surface area contributed by atoms with Gasteiger partial charge in [-0.3, -0.25) is 9.69 Å². The summed E-state index contributed by atoms with van der Waals surface area (Å²) in [6.45, 7) is 5.16. The fourth-order valence-electron chi connectivity index (χ4n) is 2.48. The first-order valence-corrected chi connectivity index (χ1v) is 10.2. The molecule has 1 heterocycles. The molecule has 134 valence electrons. The lowest BCUT2D eigenvalue weighted by atomic mass is 10.3. The van der Waals surface area contributed by atoms with Crippen molar-refractivity contribution in [3.63, 3.8) is 0 Å². The highest BCUT2D eigenvalue weighted by molar-refractivity contribution is 7.92. The highest BCUT2D eigenvalue weighted by Crippen LogP contribution is 2.22. The summed E-state index contributed by atoms with van der Waals surface area (Å²) >= 11 is 6.03. The number of nitrogens with zero attached hydrogens (tertiary/aromatic N) is 2. The van der Waals surface area contributed by atoms with Gasteiger partial charge >= 0.3 is 0 Å². The quantitative estimate of drug-likeness (QED) is 0.750. The molecule has 0 spiro atoms. The molecule has 1 atom stereocenters. The average Bonchev–Trinajstić information content (AvgIpc) is 2.55. The highest BCUT2D eigenvalue weighted by Gasteiger charge is 2.30. The molecular weight excluding hydrogens is 352 g/mol. The molecule has 1 aliphatic heterocycles. The van der Waals surface area contributed by atoms with Crippen molar-refractivity contribution in [2.75, 3.05) is 45.6 Å². The van der Waals surface area contributed by atoms with Crippen LogP contribution in [-0.4, -0.2) is 75.0 Å². The molecule has 1 unspecified atom stereocenters. The lowest BCUT2D eigenvalue weighted by Crippen LogP contribution is -2.52. The molecule has 1 aromatic carbocycles. The number of carbonyl (C=O) groups excluding carboxylic acids is 1. The van der Waals surface area contributed by atoms with E-state index in [2.05, 4.69) is 4.90 Å². The van der Waals surface area contributed by atoms with Crippen molar-refractivity contribution >= 4 is 27.3 Å². The van der Waals surface area contributed by atoms with Crippen molar-refractivity contribution in [1.82, 2.24) is 9.80 Å². The Kier molecular flexibility index (Phi) is 6.48. The molecule has 0 aliphatic carbocycles. The van der Waals surface area contributed by atoms with Crippen LogP contribution < -0.4 is 4.74 Å². The Bertz CT molecular complexity index is 672. The third-order valence-corrected chi connectivity index (χ3v) is 5.97. The largest absolute Gasteiger partial charge is 0.491 e. The summed E-state index contributed by atoms with van der Waals surface area (Å²) in [5, 5.41) is -0.393. The average molecular weight is 375 g/mol. The fraction of sp³-hybridized carbons (Fsp3) is 0.562. The number of carbonyl (C=O) groups is 1. The van der Waals surface area contributed by atoms with Gasteiger partial charge in [0.25, 0.3) is 0 Å². The topological polar surface area (TPSA) is 66.9 Å². The molecule has 0 aromatic heterocycles. The second-order valence-corrected chi connectivity index (χ2v) is 8.69. The summed E-state index contributed by atoms with van der Waals surface area (Å²) in [6.07, 6.45) is 1.10. The third kappa shape index (κ3) is 5.09. The van der Waals surface area contributed by atoms with Gasteiger partial charge in [0.1, 0.15) is 17.6 Å². The Morgan fingerprint density at radius 1 is 1.25 bits per heavy atom. The Morgan fingerprint density at radius 3 is 2.46 bits per heavy atom. The van der Waals surface area contributed by atoms with E-state index in [1.54, 1.807) is 11.0 Å². The second kappa shape index (κ2) is 8.18. The lowest BCUT2D eigenvalue weighted by molar-refractivity contribution is -0.132. The molecule has 1 aliphatic rings. The number of ether oxygens (including phenoxy) is 1. The number of piperazine rings is 1. The summed E-state index contributed by atoms with van der Waals surface area (Å²) in [4.78, 5) is 16.0. The number of para-hydroxylation sites is 1.